The van der Waals surface area contributed by atoms with Crippen molar-refractivity contribution in [3.05, 3.63) is 87.6 Å². The lowest BCUT2D eigenvalue weighted by Gasteiger charge is -2.12. The van der Waals surface area contributed by atoms with E-state index in [4.69, 9.17) is 16.3 Å². The van der Waals surface area contributed by atoms with Crippen LogP contribution in [0.1, 0.15) is 11.4 Å². The first-order valence-corrected chi connectivity index (χ1v) is 10.6. The standard InChI is InChI=1S/C24H20ClN5O2/c1-15-26-24-27-20-12-14-29(13-11-16-3-9-19(32-2)10-4-16)23(31)21(20)22(30(24)28-15)17-5-7-18(25)8-6-17/h3-10,12,14H,11,13H2,1-2H3. The van der Waals surface area contributed by atoms with Gasteiger partial charge in [-0.3, -0.25) is 4.79 Å². The Kier molecular flexibility index (Phi) is 5.11. The van der Waals surface area contributed by atoms with Crippen LogP contribution in [0.2, 0.25) is 5.02 Å². The zero-order valence-electron chi connectivity index (χ0n) is 17.6. The van der Waals surface area contributed by atoms with Crippen LogP contribution < -0.4 is 10.3 Å². The quantitative estimate of drug-likeness (QED) is 0.403. The summed E-state index contributed by atoms with van der Waals surface area (Å²) in [4.78, 5) is 22.6. The summed E-state index contributed by atoms with van der Waals surface area (Å²) in [6, 6.07) is 17.1. The zero-order valence-corrected chi connectivity index (χ0v) is 18.4. The molecule has 0 saturated carbocycles. The van der Waals surface area contributed by atoms with E-state index in [1.165, 1.54) is 0 Å². The maximum absolute atomic E-state index is 13.6. The van der Waals surface area contributed by atoms with Crippen LogP contribution in [-0.2, 0) is 13.0 Å². The average Bonchev–Trinajstić information content (AvgIpc) is 3.18. The van der Waals surface area contributed by atoms with E-state index in [1.54, 1.807) is 41.4 Å². The van der Waals surface area contributed by atoms with Gasteiger partial charge in [-0.05, 0) is 49.2 Å². The lowest BCUT2D eigenvalue weighted by atomic mass is 10.1. The van der Waals surface area contributed by atoms with Gasteiger partial charge >= 0.3 is 0 Å². The molecule has 2 aromatic carbocycles. The fourth-order valence-electron chi connectivity index (χ4n) is 3.81. The zero-order chi connectivity index (χ0) is 22.2. The van der Waals surface area contributed by atoms with Crippen molar-refractivity contribution in [3.63, 3.8) is 0 Å². The summed E-state index contributed by atoms with van der Waals surface area (Å²) in [6.07, 6.45) is 2.50. The number of ether oxygens (including phenoxy) is 1. The highest BCUT2D eigenvalue weighted by atomic mass is 35.5. The lowest BCUT2D eigenvalue weighted by Crippen LogP contribution is -2.22. The molecule has 0 aliphatic heterocycles. The van der Waals surface area contributed by atoms with Crippen LogP contribution in [0, 0.1) is 6.92 Å². The summed E-state index contributed by atoms with van der Waals surface area (Å²) in [6.45, 7) is 2.34. The van der Waals surface area contributed by atoms with Crippen molar-refractivity contribution in [2.45, 2.75) is 19.9 Å². The maximum Gasteiger partial charge on any atom is 0.262 e. The van der Waals surface area contributed by atoms with Gasteiger partial charge < -0.3 is 9.30 Å². The number of pyridine rings is 1. The fraction of sp³-hybridized carbons (Fsp3) is 0.167. The number of fused-ring (bicyclic) bond motifs is 2. The Balaban J connectivity index is 1.64. The molecule has 0 amide bonds. The molecule has 32 heavy (non-hydrogen) atoms. The third kappa shape index (κ3) is 3.61. The van der Waals surface area contributed by atoms with Crippen LogP contribution >= 0.6 is 11.6 Å². The first-order chi connectivity index (χ1) is 15.5. The second-order valence-electron chi connectivity index (χ2n) is 7.51. The fourth-order valence-corrected chi connectivity index (χ4v) is 3.94. The molecule has 0 bridgehead atoms. The highest BCUT2D eigenvalue weighted by molar-refractivity contribution is 6.30. The molecule has 0 aliphatic rings. The molecule has 0 spiro atoms. The molecule has 3 heterocycles. The van der Waals surface area contributed by atoms with Crippen molar-refractivity contribution in [2.24, 2.45) is 0 Å². The number of hydrogen-bond acceptors (Lipinski definition) is 5. The van der Waals surface area contributed by atoms with Gasteiger partial charge in [-0.15, -0.1) is 5.10 Å². The molecule has 0 unspecified atom stereocenters. The van der Waals surface area contributed by atoms with Gasteiger partial charge in [0.2, 0.25) is 0 Å². The topological polar surface area (TPSA) is 74.3 Å². The molecular formula is C24H20ClN5O2. The highest BCUT2D eigenvalue weighted by Gasteiger charge is 2.18. The Morgan fingerprint density at radius 2 is 1.75 bits per heavy atom. The normalized spacial score (nSPS) is 11.3. The minimum Gasteiger partial charge on any atom is -0.497 e. The third-order valence-corrected chi connectivity index (χ3v) is 5.68. The number of aromatic nitrogens is 5. The number of aryl methyl sites for hydroxylation is 3. The third-order valence-electron chi connectivity index (χ3n) is 5.43. The molecule has 3 aromatic heterocycles. The Hall–Kier alpha value is -3.71. The SMILES string of the molecule is COc1ccc(CCn2ccc3nc4nc(C)nn4c(-c4ccc(Cl)cc4)c3c2=O)cc1. The number of halogens is 1. The second-order valence-corrected chi connectivity index (χ2v) is 7.95. The van der Waals surface area contributed by atoms with Crippen LogP contribution in [0.15, 0.2) is 65.6 Å². The largest absolute Gasteiger partial charge is 0.497 e. The number of nitrogens with zero attached hydrogens (tertiary/aromatic N) is 5. The predicted octanol–water partition coefficient (Wildman–Crippen LogP) is 4.32. The summed E-state index contributed by atoms with van der Waals surface area (Å²) < 4.78 is 8.56. The molecule has 0 aliphatic carbocycles. The van der Waals surface area contributed by atoms with Gasteiger partial charge in [0, 0.05) is 23.3 Å². The number of hydrogen-bond donors (Lipinski definition) is 0. The molecule has 7 nitrogen and oxygen atoms in total. The Morgan fingerprint density at radius 1 is 1.00 bits per heavy atom. The van der Waals surface area contributed by atoms with E-state index in [2.05, 4.69) is 15.1 Å². The Morgan fingerprint density at radius 3 is 2.47 bits per heavy atom. The molecule has 0 N–H and O–H groups in total. The Bertz CT molecular complexity index is 1490. The van der Waals surface area contributed by atoms with Gasteiger partial charge in [-0.2, -0.15) is 9.50 Å². The molecule has 0 radical (unpaired) electrons. The lowest BCUT2D eigenvalue weighted by molar-refractivity contribution is 0.414. The summed E-state index contributed by atoms with van der Waals surface area (Å²) in [5, 5.41) is 5.61. The van der Waals surface area contributed by atoms with Gasteiger partial charge in [0.05, 0.1) is 23.7 Å². The van der Waals surface area contributed by atoms with E-state index in [-0.39, 0.29) is 5.56 Å². The van der Waals surface area contributed by atoms with Crippen LogP contribution in [0.4, 0.5) is 0 Å². The minimum atomic E-state index is -0.122. The van der Waals surface area contributed by atoms with E-state index >= 15 is 0 Å². The minimum absolute atomic E-state index is 0.122. The smallest absolute Gasteiger partial charge is 0.262 e. The summed E-state index contributed by atoms with van der Waals surface area (Å²) in [5.41, 5.74) is 3.06. The summed E-state index contributed by atoms with van der Waals surface area (Å²) in [7, 11) is 1.64. The molecule has 0 fully saturated rings. The van der Waals surface area contributed by atoms with Gasteiger partial charge in [-0.1, -0.05) is 35.9 Å². The average molecular weight is 446 g/mol. The number of benzene rings is 2. The van der Waals surface area contributed by atoms with Crippen molar-refractivity contribution in [1.29, 1.82) is 0 Å². The van der Waals surface area contributed by atoms with Gasteiger partial charge in [0.15, 0.2) is 0 Å². The molecule has 5 aromatic rings. The van der Waals surface area contributed by atoms with Gasteiger partial charge in [-0.25, -0.2) is 4.98 Å². The first-order valence-electron chi connectivity index (χ1n) is 10.2. The van der Waals surface area contributed by atoms with E-state index in [1.807, 2.05) is 42.5 Å². The molecule has 0 saturated heterocycles. The van der Waals surface area contributed by atoms with E-state index in [9.17, 15) is 4.79 Å². The maximum atomic E-state index is 13.6. The molecule has 5 rings (SSSR count). The van der Waals surface area contributed by atoms with Crippen LogP contribution in [0.3, 0.4) is 0 Å². The van der Waals surface area contributed by atoms with E-state index in [0.29, 0.717) is 46.2 Å². The van der Waals surface area contributed by atoms with Crippen LogP contribution in [0.5, 0.6) is 5.75 Å². The van der Waals surface area contributed by atoms with E-state index < -0.39 is 0 Å². The predicted molar refractivity (Wildman–Crippen MR) is 124 cm³/mol. The van der Waals surface area contributed by atoms with E-state index in [0.717, 1.165) is 16.9 Å². The summed E-state index contributed by atoms with van der Waals surface area (Å²) in [5.74, 6) is 1.85. The molecule has 160 valence electrons. The Labute approximate surface area is 188 Å². The molecule has 0 atom stereocenters. The van der Waals surface area contributed by atoms with Crippen molar-refractivity contribution in [2.75, 3.05) is 7.11 Å². The number of rotatable bonds is 5. The van der Waals surface area contributed by atoms with Crippen LogP contribution in [0.25, 0.3) is 27.9 Å². The van der Waals surface area contributed by atoms with Crippen molar-refractivity contribution < 1.29 is 4.74 Å². The van der Waals surface area contributed by atoms with Gasteiger partial charge in [0.25, 0.3) is 11.3 Å². The molecule has 8 heteroatoms. The monoisotopic (exact) mass is 445 g/mol. The summed E-state index contributed by atoms with van der Waals surface area (Å²) >= 11 is 6.09. The second kappa shape index (κ2) is 8.09. The number of methoxy groups -OCH3 is 1. The van der Waals surface area contributed by atoms with Crippen LogP contribution in [-0.4, -0.2) is 31.3 Å². The van der Waals surface area contributed by atoms with Crippen molar-refractivity contribution in [1.82, 2.24) is 24.1 Å². The first kappa shape index (κ1) is 20.2. The highest BCUT2D eigenvalue weighted by Crippen LogP contribution is 2.27. The molecular weight excluding hydrogens is 426 g/mol. The van der Waals surface area contributed by atoms with Gasteiger partial charge in [0.1, 0.15) is 11.6 Å². The van der Waals surface area contributed by atoms with Crippen molar-refractivity contribution in [3.8, 4) is 17.0 Å². The van der Waals surface area contributed by atoms with Crippen molar-refractivity contribution >= 4 is 28.3 Å².